The van der Waals surface area contributed by atoms with Crippen molar-refractivity contribution in [2.24, 2.45) is 5.73 Å². The summed E-state index contributed by atoms with van der Waals surface area (Å²) in [6.07, 6.45) is 2.44. The number of nitrogens with zero attached hydrogens (tertiary/aromatic N) is 1. The van der Waals surface area contributed by atoms with E-state index in [9.17, 15) is 5.11 Å². The summed E-state index contributed by atoms with van der Waals surface area (Å²) in [5.74, 6) is 0.970. The fourth-order valence-electron chi connectivity index (χ4n) is 1.88. The first kappa shape index (κ1) is 15.5. The molecule has 18 heavy (non-hydrogen) atoms. The van der Waals surface area contributed by atoms with Gasteiger partial charge in [0, 0.05) is 12.2 Å². The van der Waals surface area contributed by atoms with Gasteiger partial charge in [-0.15, -0.1) is 11.8 Å². The van der Waals surface area contributed by atoms with Gasteiger partial charge in [-0.05, 0) is 56.6 Å². The van der Waals surface area contributed by atoms with Crippen molar-refractivity contribution in [1.29, 1.82) is 0 Å². The summed E-state index contributed by atoms with van der Waals surface area (Å²) in [5, 5.41) is 11.1. The van der Waals surface area contributed by atoms with E-state index in [1.165, 1.54) is 5.56 Å². The highest BCUT2D eigenvalue weighted by Gasteiger charge is 2.21. The van der Waals surface area contributed by atoms with Crippen LogP contribution in [0.5, 0.6) is 0 Å². The first-order valence-corrected chi connectivity index (χ1v) is 7.48. The zero-order valence-corrected chi connectivity index (χ0v) is 12.4. The Hall–Kier alpha value is -0.580. The molecular weight excluding hydrogens is 244 g/mol. The number of thioether (sulfide) groups is 1. The van der Waals surface area contributed by atoms with Gasteiger partial charge in [-0.2, -0.15) is 0 Å². The molecular formula is C14H24N2OS. The Morgan fingerprint density at radius 1 is 1.39 bits per heavy atom. The van der Waals surface area contributed by atoms with Crippen molar-refractivity contribution in [3.63, 3.8) is 0 Å². The predicted molar refractivity (Wildman–Crippen MR) is 78.0 cm³/mol. The lowest BCUT2D eigenvalue weighted by Gasteiger charge is -2.24. The van der Waals surface area contributed by atoms with Gasteiger partial charge < -0.3 is 10.8 Å². The van der Waals surface area contributed by atoms with Gasteiger partial charge in [0.15, 0.2) is 0 Å². The second-order valence-electron chi connectivity index (χ2n) is 4.86. The maximum absolute atomic E-state index is 10.1. The summed E-state index contributed by atoms with van der Waals surface area (Å²) >= 11 is 1.75. The monoisotopic (exact) mass is 268 g/mol. The maximum Gasteiger partial charge on any atom is 0.0965 e. The number of aliphatic hydroxyl groups is 1. The molecule has 1 aromatic rings. The number of hydrogen-bond donors (Lipinski definition) is 2. The highest BCUT2D eigenvalue weighted by atomic mass is 32.2. The summed E-state index contributed by atoms with van der Waals surface area (Å²) in [6, 6.07) is 4.18. The molecule has 3 N–H and O–H groups in total. The van der Waals surface area contributed by atoms with Crippen molar-refractivity contribution in [1.82, 2.24) is 4.98 Å². The van der Waals surface area contributed by atoms with Crippen LogP contribution in [0.1, 0.15) is 37.4 Å². The summed E-state index contributed by atoms with van der Waals surface area (Å²) < 4.78 is 0. The van der Waals surface area contributed by atoms with Crippen LogP contribution in [0.15, 0.2) is 17.2 Å². The summed E-state index contributed by atoms with van der Waals surface area (Å²) in [6.45, 7) is 6.42. The van der Waals surface area contributed by atoms with E-state index in [2.05, 4.69) is 24.0 Å². The molecule has 1 unspecified atom stereocenters. The minimum absolute atomic E-state index is 0.343. The third kappa shape index (κ3) is 4.96. The molecule has 0 fully saturated rings. The van der Waals surface area contributed by atoms with Gasteiger partial charge in [-0.3, -0.25) is 0 Å². The largest absolute Gasteiger partial charge is 0.389 e. The van der Waals surface area contributed by atoms with Crippen molar-refractivity contribution in [2.75, 3.05) is 12.3 Å². The molecule has 0 aliphatic carbocycles. The lowest BCUT2D eigenvalue weighted by molar-refractivity contribution is 0.0360. The van der Waals surface area contributed by atoms with Crippen LogP contribution >= 0.6 is 11.8 Å². The molecule has 0 radical (unpaired) electrons. The highest BCUT2D eigenvalue weighted by molar-refractivity contribution is 7.99. The predicted octanol–water partition coefficient (Wildman–Crippen LogP) is 2.67. The molecule has 0 aliphatic heterocycles. The molecule has 0 aromatic carbocycles. The van der Waals surface area contributed by atoms with E-state index in [1.54, 1.807) is 11.8 Å². The Kier molecular flexibility index (Phi) is 6.12. The van der Waals surface area contributed by atoms with Crippen molar-refractivity contribution in [3.8, 4) is 0 Å². The third-order valence-electron chi connectivity index (χ3n) is 3.15. The Morgan fingerprint density at radius 2 is 2.11 bits per heavy atom. The number of aromatic nitrogens is 1. The van der Waals surface area contributed by atoms with Gasteiger partial charge in [-0.25, -0.2) is 4.98 Å². The molecule has 0 aliphatic rings. The Morgan fingerprint density at radius 3 is 2.67 bits per heavy atom. The van der Waals surface area contributed by atoms with Gasteiger partial charge in [0.05, 0.1) is 10.6 Å². The zero-order valence-electron chi connectivity index (χ0n) is 11.6. The Bertz CT molecular complexity index is 358. The Balaban J connectivity index is 2.38. The SMILES string of the molecule is CCC(O)(CN)CCCSc1cc(C)cc(C)n1. The molecule has 1 rings (SSSR count). The smallest absolute Gasteiger partial charge is 0.0965 e. The molecule has 0 bridgehead atoms. The topological polar surface area (TPSA) is 59.1 Å². The van der Waals surface area contributed by atoms with Crippen LogP contribution in [-0.4, -0.2) is 28.0 Å². The van der Waals surface area contributed by atoms with Gasteiger partial charge >= 0.3 is 0 Å². The lowest BCUT2D eigenvalue weighted by Crippen LogP contribution is -2.36. The fourth-order valence-corrected chi connectivity index (χ4v) is 2.85. The second-order valence-corrected chi connectivity index (χ2v) is 5.97. The lowest BCUT2D eigenvalue weighted by atomic mass is 9.95. The maximum atomic E-state index is 10.1. The van der Waals surface area contributed by atoms with Crippen LogP contribution in [0.25, 0.3) is 0 Å². The molecule has 4 heteroatoms. The molecule has 1 heterocycles. The molecule has 102 valence electrons. The quantitative estimate of drug-likeness (QED) is 0.589. The van der Waals surface area contributed by atoms with Crippen LogP contribution in [0.3, 0.4) is 0 Å². The van der Waals surface area contributed by atoms with E-state index in [1.807, 2.05) is 13.8 Å². The average molecular weight is 268 g/mol. The van der Waals surface area contributed by atoms with E-state index >= 15 is 0 Å². The minimum atomic E-state index is -0.684. The molecule has 0 amide bonds. The third-order valence-corrected chi connectivity index (χ3v) is 4.15. The van der Waals surface area contributed by atoms with Crippen LogP contribution in [0.4, 0.5) is 0 Å². The summed E-state index contributed by atoms with van der Waals surface area (Å²) in [7, 11) is 0. The van der Waals surface area contributed by atoms with E-state index in [0.29, 0.717) is 6.54 Å². The summed E-state index contributed by atoms with van der Waals surface area (Å²) in [5.41, 5.74) is 7.20. The van der Waals surface area contributed by atoms with Crippen LogP contribution in [-0.2, 0) is 0 Å². The summed E-state index contributed by atoms with van der Waals surface area (Å²) in [4.78, 5) is 4.48. The Labute approximate surface area is 114 Å². The van der Waals surface area contributed by atoms with Gasteiger partial charge in [-0.1, -0.05) is 6.92 Å². The molecule has 1 atom stereocenters. The number of rotatable bonds is 7. The minimum Gasteiger partial charge on any atom is -0.389 e. The number of aryl methyl sites for hydroxylation is 2. The van der Waals surface area contributed by atoms with Crippen molar-refractivity contribution >= 4 is 11.8 Å². The van der Waals surface area contributed by atoms with Crippen LogP contribution < -0.4 is 5.73 Å². The molecule has 0 saturated carbocycles. The van der Waals surface area contributed by atoms with E-state index in [4.69, 9.17) is 5.73 Å². The molecule has 0 saturated heterocycles. The number of nitrogens with two attached hydrogens (primary N) is 1. The van der Waals surface area contributed by atoms with E-state index < -0.39 is 5.60 Å². The zero-order chi connectivity index (χ0) is 13.6. The molecule has 3 nitrogen and oxygen atoms in total. The van der Waals surface area contributed by atoms with Crippen LogP contribution in [0.2, 0.25) is 0 Å². The number of hydrogen-bond acceptors (Lipinski definition) is 4. The molecule has 1 aromatic heterocycles. The second kappa shape index (κ2) is 7.12. The first-order valence-electron chi connectivity index (χ1n) is 6.49. The standard InChI is InChI=1S/C14H24N2OS/c1-4-14(17,10-15)6-5-7-18-13-9-11(2)8-12(3)16-13/h8-9,17H,4-7,10,15H2,1-3H3. The van der Waals surface area contributed by atoms with E-state index in [0.717, 1.165) is 35.7 Å². The molecule has 0 spiro atoms. The van der Waals surface area contributed by atoms with Gasteiger partial charge in [0.25, 0.3) is 0 Å². The normalized spacial score (nSPS) is 14.5. The van der Waals surface area contributed by atoms with Crippen molar-refractivity contribution in [2.45, 2.75) is 50.7 Å². The first-order chi connectivity index (χ1) is 8.49. The fraction of sp³-hybridized carbons (Fsp3) is 0.643. The van der Waals surface area contributed by atoms with Crippen molar-refractivity contribution in [3.05, 3.63) is 23.4 Å². The van der Waals surface area contributed by atoms with Gasteiger partial charge in [0.1, 0.15) is 0 Å². The van der Waals surface area contributed by atoms with Crippen LogP contribution in [0, 0.1) is 13.8 Å². The van der Waals surface area contributed by atoms with E-state index in [-0.39, 0.29) is 0 Å². The number of pyridine rings is 1. The average Bonchev–Trinajstić information content (AvgIpc) is 2.33. The van der Waals surface area contributed by atoms with Crippen molar-refractivity contribution < 1.29 is 5.11 Å². The van der Waals surface area contributed by atoms with Gasteiger partial charge in [0.2, 0.25) is 0 Å². The highest BCUT2D eigenvalue weighted by Crippen LogP contribution is 2.22.